The first-order valence-electron chi connectivity index (χ1n) is 7.91. The van der Waals surface area contributed by atoms with E-state index in [1.807, 2.05) is 0 Å². The Bertz CT molecular complexity index is 859. The second-order valence-electron chi connectivity index (χ2n) is 5.90. The van der Waals surface area contributed by atoms with Crippen LogP contribution in [0.25, 0.3) is 0 Å². The Morgan fingerprint density at radius 3 is 2.62 bits per heavy atom. The molecule has 6 nitrogen and oxygen atoms in total. The normalized spacial score (nSPS) is 18.5. The highest BCUT2D eigenvalue weighted by atomic mass is 35.5. The van der Waals surface area contributed by atoms with Gasteiger partial charge in [0, 0.05) is 16.3 Å². The van der Waals surface area contributed by atoms with Crippen molar-refractivity contribution in [2.75, 3.05) is 16.8 Å². The molecule has 1 aliphatic rings. The molecule has 1 atom stereocenters. The summed E-state index contributed by atoms with van der Waals surface area (Å²) in [6.45, 7) is 1.62. The molecular formula is C18H16ClFN2O4. The van der Waals surface area contributed by atoms with Gasteiger partial charge in [-0.1, -0.05) is 18.5 Å². The predicted molar refractivity (Wildman–Crippen MR) is 95.3 cm³/mol. The molecule has 0 aliphatic carbocycles. The number of hydrogen-bond acceptors (Lipinski definition) is 3. The zero-order valence-corrected chi connectivity index (χ0v) is 14.6. The van der Waals surface area contributed by atoms with Crippen molar-refractivity contribution >= 4 is 35.2 Å². The third-order valence-corrected chi connectivity index (χ3v) is 4.59. The van der Waals surface area contributed by atoms with Gasteiger partial charge in [-0.15, -0.1) is 0 Å². The number of hydrogen-bond donors (Lipinski definition) is 2. The molecule has 0 saturated carbocycles. The SMILES string of the molecule is CCC1(CN(C(=O)O)c2ccc(F)cc2)OC(=O)Nc2ccc(Cl)cc21. The lowest BCUT2D eigenvalue weighted by Crippen LogP contribution is -2.49. The van der Waals surface area contributed by atoms with Gasteiger partial charge in [-0.3, -0.25) is 10.2 Å². The van der Waals surface area contributed by atoms with E-state index in [2.05, 4.69) is 5.32 Å². The maximum absolute atomic E-state index is 13.2. The van der Waals surface area contributed by atoms with Crippen LogP contribution < -0.4 is 10.2 Å². The second-order valence-corrected chi connectivity index (χ2v) is 6.33. The maximum atomic E-state index is 13.2. The minimum Gasteiger partial charge on any atom is -0.465 e. The van der Waals surface area contributed by atoms with Crippen LogP contribution >= 0.6 is 11.6 Å². The summed E-state index contributed by atoms with van der Waals surface area (Å²) in [7, 11) is 0. The van der Waals surface area contributed by atoms with Gasteiger partial charge in [-0.2, -0.15) is 0 Å². The summed E-state index contributed by atoms with van der Waals surface area (Å²) in [6.07, 6.45) is -1.60. The number of nitrogens with one attached hydrogen (secondary N) is 1. The molecule has 2 aromatic rings. The topological polar surface area (TPSA) is 78.9 Å². The van der Waals surface area contributed by atoms with E-state index in [4.69, 9.17) is 16.3 Å². The molecule has 3 rings (SSSR count). The summed E-state index contributed by atoms with van der Waals surface area (Å²) in [5, 5.41) is 12.7. The molecule has 1 aliphatic heterocycles. The smallest absolute Gasteiger partial charge is 0.412 e. The van der Waals surface area contributed by atoms with Crippen LogP contribution in [0.2, 0.25) is 5.02 Å². The van der Waals surface area contributed by atoms with Crippen molar-refractivity contribution in [3.05, 3.63) is 58.9 Å². The third-order valence-electron chi connectivity index (χ3n) is 4.35. The Labute approximate surface area is 154 Å². The van der Waals surface area contributed by atoms with Crippen molar-refractivity contribution in [1.82, 2.24) is 0 Å². The summed E-state index contributed by atoms with van der Waals surface area (Å²) < 4.78 is 18.7. The first kappa shape index (κ1) is 18.0. The van der Waals surface area contributed by atoms with E-state index in [0.717, 1.165) is 4.90 Å². The summed E-state index contributed by atoms with van der Waals surface area (Å²) in [4.78, 5) is 24.9. The van der Waals surface area contributed by atoms with Crippen LogP contribution in [-0.4, -0.2) is 23.8 Å². The van der Waals surface area contributed by atoms with Crippen LogP contribution in [-0.2, 0) is 10.3 Å². The molecule has 0 fully saturated rings. The minimum absolute atomic E-state index is 0.161. The first-order valence-corrected chi connectivity index (χ1v) is 8.28. The van der Waals surface area contributed by atoms with Crippen LogP contribution in [0.1, 0.15) is 18.9 Å². The number of carbonyl (C=O) groups is 2. The Hall–Kier alpha value is -2.80. The standard InChI is InChI=1S/C18H16ClFN2O4/c1-2-18(10-22(17(24)25)13-6-4-12(20)5-7-13)14-9-11(19)3-8-15(14)21-16(23)26-18/h3-9H,2,10H2,1H3,(H,21,23)(H,24,25). The highest BCUT2D eigenvalue weighted by molar-refractivity contribution is 6.30. The molecule has 0 aromatic heterocycles. The lowest BCUT2D eigenvalue weighted by Gasteiger charge is -2.40. The molecule has 26 heavy (non-hydrogen) atoms. The molecule has 0 spiro atoms. The average molecular weight is 379 g/mol. The molecule has 2 aromatic carbocycles. The molecule has 0 saturated heterocycles. The highest BCUT2D eigenvalue weighted by Crippen LogP contribution is 2.41. The Balaban J connectivity index is 2.07. The van der Waals surface area contributed by atoms with Crippen LogP contribution in [0.5, 0.6) is 0 Å². The van der Waals surface area contributed by atoms with Gasteiger partial charge in [0.15, 0.2) is 5.60 Å². The fourth-order valence-corrected chi connectivity index (χ4v) is 3.18. The zero-order valence-electron chi connectivity index (χ0n) is 13.8. The number of halogens is 2. The monoisotopic (exact) mass is 378 g/mol. The largest absolute Gasteiger partial charge is 0.465 e. The Morgan fingerprint density at radius 2 is 2.00 bits per heavy atom. The van der Waals surface area contributed by atoms with Gasteiger partial charge in [-0.05, 0) is 48.9 Å². The van der Waals surface area contributed by atoms with E-state index in [1.54, 1.807) is 25.1 Å². The fraction of sp³-hybridized carbons (Fsp3) is 0.222. The number of ether oxygens (including phenoxy) is 1. The first-order chi connectivity index (χ1) is 12.3. The number of amides is 2. The summed E-state index contributed by atoms with van der Waals surface area (Å²) in [5.74, 6) is -0.477. The predicted octanol–water partition coefficient (Wildman–Crippen LogP) is 4.83. The van der Waals surface area contributed by atoms with E-state index >= 15 is 0 Å². The molecular weight excluding hydrogens is 363 g/mol. The van der Waals surface area contributed by atoms with E-state index in [-0.39, 0.29) is 12.2 Å². The fourth-order valence-electron chi connectivity index (χ4n) is 3.01. The van der Waals surface area contributed by atoms with Crippen LogP contribution in [0, 0.1) is 5.82 Å². The van der Waals surface area contributed by atoms with Gasteiger partial charge in [0.25, 0.3) is 0 Å². The number of carboxylic acid groups (broad SMARTS) is 1. The zero-order chi connectivity index (χ0) is 18.9. The second kappa shape index (κ2) is 6.84. The third kappa shape index (κ3) is 3.30. The van der Waals surface area contributed by atoms with Gasteiger partial charge in [-0.25, -0.2) is 14.0 Å². The van der Waals surface area contributed by atoms with Gasteiger partial charge in [0.05, 0.1) is 12.2 Å². The molecule has 8 heteroatoms. The van der Waals surface area contributed by atoms with E-state index in [1.165, 1.54) is 24.3 Å². The molecule has 1 unspecified atom stereocenters. The van der Waals surface area contributed by atoms with Gasteiger partial charge < -0.3 is 9.84 Å². The number of anilines is 2. The molecule has 2 amide bonds. The number of carbonyl (C=O) groups excluding carboxylic acids is 1. The molecule has 2 N–H and O–H groups in total. The van der Waals surface area contributed by atoms with Gasteiger partial charge >= 0.3 is 12.2 Å². The summed E-state index contributed by atoms with van der Waals surface area (Å²) >= 11 is 6.09. The van der Waals surface area contributed by atoms with Crippen molar-refractivity contribution in [3.63, 3.8) is 0 Å². The van der Waals surface area contributed by atoms with Crippen LogP contribution in [0.15, 0.2) is 42.5 Å². The van der Waals surface area contributed by atoms with E-state index < -0.39 is 23.6 Å². The maximum Gasteiger partial charge on any atom is 0.412 e. The lowest BCUT2D eigenvalue weighted by atomic mass is 9.87. The molecule has 0 radical (unpaired) electrons. The highest BCUT2D eigenvalue weighted by Gasteiger charge is 2.43. The van der Waals surface area contributed by atoms with Gasteiger partial charge in [0.1, 0.15) is 5.82 Å². The van der Waals surface area contributed by atoms with E-state index in [0.29, 0.717) is 22.7 Å². The average Bonchev–Trinajstić information content (AvgIpc) is 2.60. The lowest BCUT2D eigenvalue weighted by molar-refractivity contribution is 0.0139. The minimum atomic E-state index is -1.25. The number of cyclic esters (lactones) is 1. The number of rotatable bonds is 4. The van der Waals surface area contributed by atoms with Crippen molar-refractivity contribution in [2.45, 2.75) is 18.9 Å². The van der Waals surface area contributed by atoms with Crippen LogP contribution in [0.3, 0.4) is 0 Å². The Kier molecular flexibility index (Phi) is 4.73. The van der Waals surface area contributed by atoms with E-state index in [9.17, 15) is 19.1 Å². The molecule has 136 valence electrons. The van der Waals surface area contributed by atoms with Crippen molar-refractivity contribution in [1.29, 1.82) is 0 Å². The van der Waals surface area contributed by atoms with Gasteiger partial charge in [0.2, 0.25) is 0 Å². The van der Waals surface area contributed by atoms with Crippen molar-refractivity contribution < 1.29 is 23.8 Å². The quantitative estimate of drug-likeness (QED) is 0.798. The molecule has 1 heterocycles. The Morgan fingerprint density at radius 1 is 1.31 bits per heavy atom. The summed E-state index contributed by atoms with van der Waals surface area (Å²) in [5.41, 5.74) is 0.136. The van der Waals surface area contributed by atoms with Crippen molar-refractivity contribution in [2.24, 2.45) is 0 Å². The van der Waals surface area contributed by atoms with Crippen LogP contribution in [0.4, 0.5) is 25.4 Å². The number of nitrogens with zero attached hydrogens (tertiary/aromatic N) is 1. The summed E-state index contributed by atoms with van der Waals surface area (Å²) in [6, 6.07) is 9.97. The number of fused-ring (bicyclic) bond motifs is 1. The van der Waals surface area contributed by atoms with Crippen molar-refractivity contribution in [3.8, 4) is 0 Å². The molecule has 0 bridgehead atoms. The number of benzene rings is 2.